The van der Waals surface area contributed by atoms with Crippen molar-refractivity contribution in [2.24, 2.45) is 5.92 Å². The molecule has 2 unspecified atom stereocenters. The number of carbonyl (C=O) groups excluding carboxylic acids is 4. The fourth-order valence-electron chi connectivity index (χ4n) is 14.0. The number of aliphatic hydroxyl groups excluding tert-OH is 1. The summed E-state index contributed by atoms with van der Waals surface area (Å²) in [6.07, 6.45) is 76.8. The molecule has 0 aromatic heterocycles. The number of unbranched alkanes of at least 4 members (excludes halogenated alkanes) is 61. The Morgan fingerprint density at radius 1 is 0.250 bits per heavy atom. The van der Waals surface area contributed by atoms with Crippen LogP contribution < -0.4 is 0 Å². The van der Waals surface area contributed by atoms with E-state index in [4.69, 9.17) is 37.0 Å². The van der Waals surface area contributed by atoms with Crippen molar-refractivity contribution in [1.82, 2.24) is 0 Å². The summed E-state index contributed by atoms with van der Waals surface area (Å²) in [6.45, 7) is 7.30. The Bertz CT molecular complexity index is 2050. The minimum absolute atomic E-state index is 0.108. The van der Waals surface area contributed by atoms with Crippen LogP contribution in [-0.4, -0.2) is 96.7 Å². The smallest absolute Gasteiger partial charge is 0.462 e. The summed E-state index contributed by atoms with van der Waals surface area (Å²) in [5.41, 5.74) is 0. The third-order valence-electron chi connectivity index (χ3n) is 21.0. The summed E-state index contributed by atoms with van der Waals surface area (Å²) >= 11 is 0. The summed E-state index contributed by atoms with van der Waals surface area (Å²) in [7, 11) is -9.93. The van der Waals surface area contributed by atoms with Crippen LogP contribution >= 0.6 is 15.6 Å². The van der Waals surface area contributed by atoms with Crippen LogP contribution in [0.15, 0.2) is 0 Å². The van der Waals surface area contributed by atoms with E-state index in [-0.39, 0.29) is 25.7 Å². The van der Waals surface area contributed by atoms with Crippen molar-refractivity contribution in [2.45, 2.75) is 502 Å². The second kappa shape index (κ2) is 81.6. The van der Waals surface area contributed by atoms with Crippen LogP contribution in [-0.2, 0) is 65.4 Å². The minimum Gasteiger partial charge on any atom is -0.462 e. The van der Waals surface area contributed by atoms with Gasteiger partial charge in [-0.25, -0.2) is 9.13 Å². The molecule has 0 saturated heterocycles. The van der Waals surface area contributed by atoms with E-state index in [0.29, 0.717) is 31.6 Å². The van der Waals surface area contributed by atoms with Gasteiger partial charge in [0.1, 0.15) is 19.3 Å². The van der Waals surface area contributed by atoms with E-state index in [9.17, 15) is 43.2 Å². The van der Waals surface area contributed by atoms with Gasteiger partial charge in [0.25, 0.3) is 0 Å². The largest absolute Gasteiger partial charge is 0.472 e. The summed E-state index contributed by atoms with van der Waals surface area (Å²) in [4.78, 5) is 73.3. The number of hydrogen-bond donors (Lipinski definition) is 3. The number of ether oxygens (including phenoxy) is 4. The minimum atomic E-state index is -4.97. The summed E-state index contributed by atoms with van der Waals surface area (Å²) in [5.74, 6) is -1.42. The first kappa shape index (κ1) is 106. The number of phosphoric ester groups is 2. The topological polar surface area (TPSA) is 237 Å². The van der Waals surface area contributed by atoms with E-state index >= 15 is 0 Å². The van der Waals surface area contributed by atoms with Crippen molar-refractivity contribution < 1.29 is 80.2 Å². The highest BCUT2D eigenvalue weighted by Gasteiger charge is 2.30. The van der Waals surface area contributed by atoms with Gasteiger partial charge in [-0.15, -0.1) is 0 Å². The van der Waals surface area contributed by atoms with Crippen molar-refractivity contribution in [3.8, 4) is 0 Å². The van der Waals surface area contributed by atoms with Gasteiger partial charge in [-0.1, -0.05) is 433 Å². The number of aliphatic hydroxyl groups is 1. The molecule has 0 amide bonds. The van der Waals surface area contributed by atoms with Gasteiger partial charge in [0.15, 0.2) is 12.2 Å². The van der Waals surface area contributed by atoms with Crippen LogP contribution in [0.25, 0.3) is 0 Å². The number of rotatable bonds is 89. The van der Waals surface area contributed by atoms with Crippen LogP contribution in [0.1, 0.15) is 484 Å². The van der Waals surface area contributed by atoms with E-state index < -0.39 is 97.5 Å². The zero-order valence-electron chi connectivity index (χ0n) is 71.0. The van der Waals surface area contributed by atoms with Gasteiger partial charge >= 0.3 is 39.5 Å². The zero-order valence-corrected chi connectivity index (χ0v) is 72.8. The van der Waals surface area contributed by atoms with E-state index in [1.807, 2.05) is 0 Å². The van der Waals surface area contributed by atoms with Gasteiger partial charge < -0.3 is 33.8 Å². The molecule has 0 aromatic rings. The molecule has 0 radical (unpaired) electrons. The fourth-order valence-corrected chi connectivity index (χ4v) is 15.6. The predicted molar refractivity (Wildman–Crippen MR) is 446 cm³/mol. The lowest BCUT2D eigenvalue weighted by Crippen LogP contribution is -2.30. The molecule has 3 N–H and O–H groups in total. The number of phosphoric acid groups is 2. The van der Waals surface area contributed by atoms with E-state index in [1.54, 1.807) is 0 Å². The Morgan fingerprint density at radius 3 is 0.630 bits per heavy atom. The highest BCUT2D eigenvalue weighted by molar-refractivity contribution is 7.47. The van der Waals surface area contributed by atoms with Crippen LogP contribution in [0.3, 0.4) is 0 Å². The molecule has 0 aliphatic carbocycles. The fraction of sp³-hybridized carbons (Fsp3) is 0.955. The predicted octanol–water partition coefficient (Wildman–Crippen LogP) is 27.5. The Labute approximate surface area is 664 Å². The number of esters is 4. The maximum atomic E-state index is 13.2. The molecule has 642 valence electrons. The molecule has 17 nitrogen and oxygen atoms in total. The first-order valence-corrected chi connectivity index (χ1v) is 49.1. The second-order valence-electron chi connectivity index (χ2n) is 32.5. The average Bonchev–Trinajstić information content (AvgIpc) is 0.900. The van der Waals surface area contributed by atoms with Crippen molar-refractivity contribution in [3.05, 3.63) is 0 Å². The van der Waals surface area contributed by atoms with Crippen molar-refractivity contribution in [2.75, 3.05) is 39.6 Å². The SMILES string of the molecule is CCCCCCCCCCCCCCCCCCCCCCCC(=O)OC[C@H](COP(=O)(O)OC[C@@H](O)COP(=O)(O)OC[C@@H](COC(=O)CCCCCCCCC(C)C)OC(=O)CCCCCCCCCCCCCCCCCCC)OC(=O)CCCCCCCCCCCCCCCCCCCCCCC. The maximum absolute atomic E-state index is 13.2. The Morgan fingerprint density at radius 2 is 0.426 bits per heavy atom. The highest BCUT2D eigenvalue weighted by atomic mass is 31.2. The van der Waals surface area contributed by atoms with Gasteiger partial charge in [-0.05, 0) is 31.6 Å². The van der Waals surface area contributed by atoms with Crippen LogP contribution in [0, 0.1) is 5.92 Å². The monoisotopic (exact) mass is 1580 g/mol. The molecule has 0 aliphatic heterocycles. The first-order chi connectivity index (χ1) is 52.5. The zero-order chi connectivity index (χ0) is 79.0. The molecule has 0 heterocycles. The van der Waals surface area contributed by atoms with Gasteiger partial charge in [-0.3, -0.25) is 37.3 Å². The summed E-state index contributed by atoms with van der Waals surface area (Å²) in [5, 5.41) is 10.7. The normalized spacial score (nSPS) is 13.7. The van der Waals surface area contributed by atoms with Gasteiger partial charge in [0, 0.05) is 25.7 Å². The van der Waals surface area contributed by atoms with Gasteiger partial charge in [0.2, 0.25) is 0 Å². The summed E-state index contributed by atoms with van der Waals surface area (Å²) < 4.78 is 68.9. The number of hydrogen-bond acceptors (Lipinski definition) is 15. The molecule has 0 rings (SSSR count). The lowest BCUT2D eigenvalue weighted by atomic mass is 10.0. The van der Waals surface area contributed by atoms with Crippen molar-refractivity contribution in [1.29, 1.82) is 0 Å². The van der Waals surface area contributed by atoms with E-state index in [0.717, 1.165) is 96.3 Å². The molecule has 19 heteroatoms. The molecule has 0 fully saturated rings. The maximum Gasteiger partial charge on any atom is 0.472 e. The third kappa shape index (κ3) is 82.1. The molecule has 108 heavy (non-hydrogen) atoms. The van der Waals surface area contributed by atoms with E-state index in [1.165, 1.54) is 302 Å². The molecule has 0 aromatic carbocycles. The van der Waals surface area contributed by atoms with Crippen LogP contribution in [0.5, 0.6) is 0 Å². The van der Waals surface area contributed by atoms with Crippen molar-refractivity contribution in [3.63, 3.8) is 0 Å². The average molecular weight is 1580 g/mol. The Hall–Kier alpha value is -1.94. The van der Waals surface area contributed by atoms with Gasteiger partial charge in [-0.2, -0.15) is 0 Å². The third-order valence-corrected chi connectivity index (χ3v) is 22.9. The van der Waals surface area contributed by atoms with Gasteiger partial charge in [0.05, 0.1) is 26.4 Å². The second-order valence-corrected chi connectivity index (χ2v) is 35.4. The molecule has 0 aliphatic rings. The molecule has 0 spiro atoms. The van der Waals surface area contributed by atoms with Crippen molar-refractivity contribution >= 4 is 39.5 Å². The Kier molecular flexibility index (Phi) is 80.2. The standard InChI is InChI=1S/C89H174O17P2/c1-6-9-12-15-18-21-24-27-30-33-35-37-39-42-44-47-50-53-56-62-67-72-86(91)99-78-84(105-88(93)74-69-65-58-55-52-49-46-43-40-38-36-34-31-28-25-22-19-16-13-10-7-2)80-103-107(95,96)101-76-83(90)77-102-108(97,98)104-81-85(79-100-87(92)73-68-63-60-59-61-66-71-82(4)5)106-89(94)75-70-64-57-54-51-48-45-41-32-29-26-23-20-17-14-11-8-3/h82-85,90H,6-81H2,1-5H3,(H,95,96)(H,97,98)/t83-,84-,85-/m1/s1. The van der Waals surface area contributed by atoms with Crippen LogP contribution in [0.2, 0.25) is 0 Å². The Balaban J connectivity index is 5.19. The number of carbonyl (C=O) groups is 4. The molecular formula is C89H174O17P2. The summed E-state index contributed by atoms with van der Waals surface area (Å²) in [6, 6.07) is 0. The van der Waals surface area contributed by atoms with Crippen LogP contribution in [0.4, 0.5) is 0 Å². The lowest BCUT2D eigenvalue weighted by molar-refractivity contribution is -0.161. The molecule has 0 saturated carbocycles. The lowest BCUT2D eigenvalue weighted by Gasteiger charge is -2.21. The molecule has 5 atom stereocenters. The van der Waals surface area contributed by atoms with E-state index in [2.05, 4.69) is 34.6 Å². The molecule has 0 bridgehead atoms. The quantitative estimate of drug-likeness (QED) is 0.0222. The first-order valence-electron chi connectivity index (χ1n) is 46.1. The molecular weight excluding hydrogens is 1400 g/mol. The highest BCUT2D eigenvalue weighted by Crippen LogP contribution is 2.45.